The van der Waals surface area contributed by atoms with Crippen molar-refractivity contribution in [1.82, 2.24) is 0 Å². The first-order chi connectivity index (χ1) is 13.6. The molecule has 0 nitrogen and oxygen atoms in total. The van der Waals surface area contributed by atoms with Gasteiger partial charge in [-0.2, -0.15) is 27.0 Å². The third kappa shape index (κ3) is 19.5. The molecule has 30 heavy (non-hydrogen) atoms. The lowest BCUT2D eigenvalue weighted by Gasteiger charge is -1.80. The molecule has 0 saturated heterocycles. The van der Waals surface area contributed by atoms with E-state index in [1.165, 1.54) is 0 Å². The average Bonchev–Trinajstić information content (AvgIpc) is 2.72. The van der Waals surface area contributed by atoms with Gasteiger partial charge in [0, 0.05) is 17.9 Å². The molecule has 0 aliphatic carbocycles. The van der Waals surface area contributed by atoms with Crippen molar-refractivity contribution in [3.63, 3.8) is 0 Å². The van der Waals surface area contributed by atoms with E-state index >= 15 is 0 Å². The van der Waals surface area contributed by atoms with Crippen LogP contribution >= 0.6 is 90.7 Å². The smallest absolute Gasteiger partial charge is 0.0175 e. The van der Waals surface area contributed by atoms with E-state index in [9.17, 15) is 0 Å². The molecule has 0 heterocycles. The fourth-order valence-corrected chi connectivity index (χ4v) is 2.88. The number of hydrogen-bond donors (Lipinski definition) is 0. The maximum Gasteiger partial charge on any atom is 0.0175 e. The van der Waals surface area contributed by atoms with Crippen molar-refractivity contribution in [3.05, 3.63) is 139 Å². The van der Waals surface area contributed by atoms with Crippen LogP contribution in [0.15, 0.2) is 139 Å². The normalized spacial score (nSPS) is 8.13. The van der Waals surface area contributed by atoms with Gasteiger partial charge < -0.3 is 0 Å². The Hall–Kier alpha value is -0.500. The SMILES string of the molecule is Brc1ccccc1.Brc1ccccc1.Brc1ccccc1.Brc1ccccc1.S.S. The van der Waals surface area contributed by atoms with Gasteiger partial charge in [-0.05, 0) is 48.5 Å². The van der Waals surface area contributed by atoms with Crippen LogP contribution in [-0.2, 0) is 0 Å². The summed E-state index contributed by atoms with van der Waals surface area (Å²) in [5.41, 5.74) is 0. The molecule has 0 N–H and O–H groups in total. The zero-order chi connectivity index (χ0) is 20.5. The molecular formula is C24H24Br4S2. The summed E-state index contributed by atoms with van der Waals surface area (Å²) in [6, 6.07) is 39.9. The Labute approximate surface area is 227 Å². The second-order valence-electron chi connectivity index (χ2n) is 5.18. The van der Waals surface area contributed by atoms with Gasteiger partial charge in [0.2, 0.25) is 0 Å². The second-order valence-corrected chi connectivity index (χ2v) is 8.84. The average molecular weight is 696 g/mol. The number of halogens is 4. The summed E-state index contributed by atoms with van der Waals surface area (Å²) >= 11 is 13.2. The van der Waals surface area contributed by atoms with Crippen LogP contribution in [0.3, 0.4) is 0 Å². The Morgan fingerprint density at radius 1 is 0.267 bits per heavy atom. The van der Waals surface area contributed by atoms with Crippen LogP contribution in [0.25, 0.3) is 0 Å². The summed E-state index contributed by atoms with van der Waals surface area (Å²) in [5.74, 6) is 0. The van der Waals surface area contributed by atoms with E-state index in [1.54, 1.807) is 0 Å². The van der Waals surface area contributed by atoms with Gasteiger partial charge in [0.05, 0.1) is 0 Å². The predicted molar refractivity (Wildman–Crippen MR) is 157 cm³/mol. The maximum atomic E-state index is 3.31. The molecule has 4 aromatic rings. The molecule has 160 valence electrons. The Balaban J connectivity index is 0. The molecule has 4 rings (SSSR count). The van der Waals surface area contributed by atoms with Crippen molar-refractivity contribution in [2.75, 3.05) is 0 Å². The lowest BCUT2D eigenvalue weighted by atomic mass is 10.4. The first kappa shape index (κ1) is 31.7. The largest absolute Gasteiger partial charge is 0.197 e. The Morgan fingerprint density at radius 2 is 0.400 bits per heavy atom. The highest BCUT2D eigenvalue weighted by molar-refractivity contribution is 9.11. The van der Waals surface area contributed by atoms with E-state index in [0.717, 1.165) is 17.9 Å². The van der Waals surface area contributed by atoms with Crippen molar-refractivity contribution in [2.24, 2.45) is 0 Å². The van der Waals surface area contributed by atoms with Gasteiger partial charge in [0.15, 0.2) is 0 Å². The first-order valence-corrected chi connectivity index (χ1v) is 11.6. The van der Waals surface area contributed by atoms with E-state index in [-0.39, 0.29) is 27.0 Å². The minimum Gasteiger partial charge on any atom is -0.197 e. The van der Waals surface area contributed by atoms with Gasteiger partial charge in [0.25, 0.3) is 0 Å². The summed E-state index contributed by atoms with van der Waals surface area (Å²) in [4.78, 5) is 0. The Bertz CT molecular complexity index is 697. The van der Waals surface area contributed by atoms with Gasteiger partial charge >= 0.3 is 0 Å². The molecule has 4 aromatic carbocycles. The van der Waals surface area contributed by atoms with Gasteiger partial charge in [-0.3, -0.25) is 0 Å². The molecule has 0 unspecified atom stereocenters. The number of hydrogen-bond acceptors (Lipinski definition) is 0. The number of rotatable bonds is 0. The predicted octanol–water partition coefficient (Wildman–Crippen LogP) is 10.0. The molecule has 0 aromatic heterocycles. The molecule has 6 heteroatoms. The molecule has 0 fully saturated rings. The molecular weight excluding hydrogens is 672 g/mol. The van der Waals surface area contributed by atoms with Crippen LogP contribution in [0.4, 0.5) is 0 Å². The lowest BCUT2D eigenvalue weighted by Crippen LogP contribution is -1.55. The van der Waals surface area contributed by atoms with Crippen LogP contribution in [0.5, 0.6) is 0 Å². The van der Waals surface area contributed by atoms with E-state index in [4.69, 9.17) is 0 Å². The van der Waals surface area contributed by atoms with Crippen molar-refractivity contribution in [2.45, 2.75) is 0 Å². The molecule has 0 radical (unpaired) electrons. The zero-order valence-electron chi connectivity index (χ0n) is 16.1. The summed E-state index contributed by atoms with van der Waals surface area (Å²) in [5, 5.41) is 0. The molecule has 0 aliphatic heterocycles. The third-order valence-corrected chi connectivity index (χ3v) is 5.05. The molecule has 0 aliphatic rings. The highest BCUT2D eigenvalue weighted by Crippen LogP contribution is 2.07. The first-order valence-electron chi connectivity index (χ1n) is 8.40. The van der Waals surface area contributed by atoms with E-state index in [0.29, 0.717) is 0 Å². The zero-order valence-corrected chi connectivity index (χ0v) is 24.4. The van der Waals surface area contributed by atoms with Crippen molar-refractivity contribution < 1.29 is 0 Å². The van der Waals surface area contributed by atoms with Crippen LogP contribution in [0.2, 0.25) is 0 Å². The van der Waals surface area contributed by atoms with Crippen LogP contribution < -0.4 is 0 Å². The maximum absolute atomic E-state index is 3.31. The standard InChI is InChI=1S/4C6H5Br.2H2S/c4*7-6-4-2-1-3-5-6;;/h4*1-5H;2*1H2. The third-order valence-electron chi connectivity index (χ3n) is 2.93. The van der Waals surface area contributed by atoms with Crippen LogP contribution in [-0.4, -0.2) is 0 Å². The quantitative estimate of drug-likeness (QED) is 0.172. The van der Waals surface area contributed by atoms with Crippen molar-refractivity contribution in [3.8, 4) is 0 Å². The van der Waals surface area contributed by atoms with Gasteiger partial charge in [-0.1, -0.05) is 137 Å². The van der Waals surface area contributed by atoms with Crippen molar-refractivity contribution >= 4 is 90.7 Å². The summed E-state index contributed by atoms with van der Waals surface area (Å²) < 4.78 is 4.54. The van der Waals surface area contributed by atoms with E-state index in [1.807, 2.05) is 121 Å². The highest BCUT2D eigenvalue weighted by atomic mass is 79.9. The van der Waals surface area contributed by atoms with Crippen LogP contribution in [0, 0.1) is 0 Å². The monoisotopic (exact) mass is 692 g/mol. The summed E-state index contributed by atoms with van der Waals surface area (Å²) in [6.45, 7) is 0. The second kappa shape index (κ2) is 21.7. The van der Waals surface area contributed by atoms with Gasteiger partial charge in [0.1, 0.15) is 0 Å². The van der Waals surface area contributed by atoms with E-state index in [2.05, 4.69) is 63.7 Å². The minimum absolute atomic E-state index is 0. The van der Waals surface area contributed by atoms with Crippen LogP contribution in [0.1, 0.15) is 0 Å². The topological polar surface area (TPSA) is 0 Å². The highest BCUT2D eigenvalue weighted by Gasteiger charge is 1.76. The lowest BCUT2D eigenvalue weighted by molar-refractivity contribution is 1.66. The molecule has 0 atom stereocenters. The van der Waals surface area contributed by atoms with Gasteiger partial charge in [-0.25, -0.2) is 0 Å². The molecule has 0 spiro atoms. The fourth-order valence-electron chi connectivity index (χ4n) is 1.66. The van der Waals surface area contributed by atoms with Crippen molar-refractivity contribution in [1.29, 1.82) is 0 Å². The summed E-state index contributed by atoms with van der Waals surface area (Å²) in [6.07, 6.45) is 0. The van der Waals surface area contributed by atoms with Gasteiger partial charge in [-0.15, -0.1) is 0 Å². The van der Waals surface area contributed by atoms with E-state index < -0.39 is 0 Å². The Kier molecular flexibility index (Phi) is 22.9. The molecule has 0 amide bonds. The minimum atomic E-state index is 0. The molecule has 0 bridgehead atoms. The molecule has 0 saturated carbocycles. The summed E-state index contributed by atoms with van der Waals surface area (Å²) in [7, 11) is 0. The number of benzene rings is 4. The fraction of sp³-hybridized carbons (Fsp3) is 0. The Morgan fingerprint density at radius 3 is 0.467 bits per heavy atom.